The molecule has 1 heterocycles. The molecule has 0 bridgehead atoms. The summed E-state index contributed by atoms with van der Waals surface area (Å²) >= 11 is 5.11. The average molecular weight is 195 g/mol. The Hall–Kier alpha value is 0.530. The molecule has 11 heavy (non-hydrogen) atoms. The SMILES string of the molecule is CNP1(=S)OCC(C)(C)CO1. The minimum absolute atomic E-state index is 0.110. The molecule has 0 aromatic carbocycles. The molecule has 0 aromatic heterocycles. The Morgan fingerprint density at radius 3 is 2.18 bits per heavy atom. The maximum absolute atomic E-state index is 5.42. The topological polar surface area (TPSA) is 30.5 Å². The summed E-state index contributed by atoms with van der Waals surface area (Å²) in [6.07, 6.45) is 0. The quantitative estimate of drug-likeness (QED) is 0.642. The molecule has 1 aliphatic rings. The highest BCUT2D eigenvalue weighted by Gasteiger charge is 2.31. The lowest BCUT2D eigenvalue weighted by Crippen LogP contribution is -2.31. The van der Waals surface area contributed by atoms with Crippen LogP contribution in [0.4, 0.5) is 0 Å². The molecule has 0 amide bonds. The van der Waals surface area contributed by atoms with Crippen LogP contribution in [0.15, 0.2) is 0 Å². The van der Waals surface area contributed by atoms with E-state index in [1.54, 1.807) is 7.05 Å². The molecular weight excluding hydrogens is 181 g/mol. The van der Waals surface area contributed by atoms with Crippen molar-refractivity contribution in [2.75, 3.05) is 20.3 Å². The van der Waals surface area contributed by atoms with Gasteiger partial charge in [0.1, 0.15) is 0 Å². The van der Waals surface area contributed by atoms with Crippen LogP contribution in [-0.4, -0.2) is 20.3 Å². The fraction of sp³-hybridized carbons (Fsp3) is 1.00. The van der Waals surface area contributed by atoms with Crippen molar-refractivity contribution in [3.63, 3.8) is 0 Å². The van der Waals surface area contributed by atoms with E-state index in [0.717, 1.165) is 0 Å². The fourth-order valence-corrected chi connectivity index (χ4v) is 2.42. The van der Waals surface area contributed by atoms with E-state index in [1.807, 2.05) is 0 Å². The summed E-state index contributed by atoms with van der Waals surface area (Å²) in [7, 11) is 1.78. The molecule has 0 radical (unpaired) electrons. The molecule has 1 fully saturated rings. The van der Waals surface area contributed by atoms with Crippen LogP contribution in [0.25, 0.3) is 0 Å². The largest absolute Gasteiger partial charge is 0.317 e. The third-order valence-corrected chi connectivity index (χ3v) is 4.19. The second-order valence-electron chi connectivity index (χ2n) is 3.43. The first-order valence-electron chi connectivity index (χ1n) is 3.56. The highest BCUT2D eigenvalue weighted by molar-refractivity contribution is 8.08. The van der Waals surface area contributed by atoms with E-state index in [2.05, 4.69) is 18.9 Å². The zero-order valence-corrected chi connectivity index (χ0v) is 8.80. The normalized spacial score (nSPS) is 28.3. The third-order valence-electron chi connectivity index (χ3n) is 1.52. The van der Waals surface area contributed by atoms with E-state index < -0.39 is 6.64 Å². The van der Waals surface area contributed by atoms with Gasteiger partial charge >= 0.3 is 0 Å². The van der Waals surface area contributed by atoms with E-state index in [4.69, 9.17) is 20.9 Å². The number of hydrogen-bond donors (Lipinski definition) is 1. The van der Waals surface area contributed by atoms with Gasteiger partial charge in [-0.2, -0.15) is 0 Å². The van der Waals surface area contributed by atoms with Gasteiger partial charge in [0.2, 0.25) is 0 Å². The number of hydrogen-bond acceptors (Lipinski definition) is 3. The second kappa shape index (κ2) is 3.11. The molecule has 1 N–H and O–H groups in total. The van der Waals surface area contributed by atoms with Crippen molar-refractivity contribution in [2.24, 2.45) is 5.41 Å². The van der Waals surface area contributed by atoms with Crippen molar-refractivity contribution in [1.29, 1.82) is 0 Å². The number of nitrogens with one attached hydrogen (secondary N) is 1. The standard InChI is InChI=1S/C6H14NO2PS/c1-6(2)4-8-10(11,7-3)9-5-6/h4-5H2,1-3H3,(H,7,11). The molecule has 3 nitrogen and oxygen atoms in total. The van der Waals surface area contributed by atoms with Gasteiger partial charge in [-0.05, 0) is 18.9 Å². The summed E-state index contributed by atoms with van der Waals surface area (Å²) < 4.78 is 10.8. The highest BCUT2D eigenvalue weighted by atomic mass is 32.5. The van der Waals surface area contributed by atoms with Crippen LogP contribution in [0.2, 0.25) is 0 Å². The summed E-state index contributed by atoms with van der Waals surface area (Å²) in [4.78, 5) is 0. The minimum Gasteiger partial charge on any atom is -0.317 e. The lowest BCUT2D eigenvalue weighted by Gasteiger charge is -2.35. The molecule has 0 spiro atoms. The van der Waals surface area contributed by atoms with Crippen LogP contribution in [0.5, 0.6) is 0 Å². The molecular formula is C6H14NO2PS. The predicted octanol–water partition coefficient (Wildman–Crippen LogP) is 1.50. The van der Waals surface area contributed by atoms with Gasteiger partial charge in [-0.1, -0.05) is 13.8 Å². The van der Waals surface area contributed by atoms with E-state index in [-0.39, 0.29) is 5.41 Å². The van der Waals surface area contributed by atoms with Gasteiger partial charge in [0.05, 0.1) is 13.2 Å². The third kappa shape index (κ3) is 2.49. The van der Waals surface area contributed by atoms with Gasteiger partial charge in [0.15, 0.2) is 0 Å². The zero-order valence-electron chi connectivity index (χ0n) is 7.09. The summed E-state index contributed by atoms with van der Waals surface area (Å²) in [6, 6.07) is 0. The van der Waals surface area contributed by atoms with Crippen molar-refractivity contribution in [3.8, 4) is 0 Å². The Morgan fingerprint density at radius 1 is 1.36 bits per heavy atom. The maximum atomic E-state index is 5.42. The van der Waals surface area contributed by atoms with Crippen LogP contribution < -0.4 is 5.09 Å². The number of rotatable bonds is 1. The van der Waals surface area contributed by atoms with Crippen LogP contribution in [-0.2, 0) is 20.9 Å². The van der Waals surface area contributed by atoms with Gasteiger partial charge < -0.3 is 9.05 Å². The molecule has 0 atom stereocenters. The minimum atomic E-state index is -2.09. The smallest absolute Gasteiger partial charge is 0.260 e. The Labute approximate surface area is 72.7 Å². The van der Waals surface area contributed by atoms with Crippen LogP contribution in [0, 0.1) is 5.41 Å². The van der Waals surface area contributed by atoms with E-state index >= 15 is 0 Å². The van der Waals surface area contributed by atoms with Crippen molar-refractivity contribution in [1.82, 2.24) is 5.09 Å². The van der Waals surface area contributed by atoms with E-state index in [1.165, 1.54) is 0 Å². The Bertz CT molecular complexity index is 181. The Balaban J connectivity index is 2.55. The van der Waals surface area contributed by atoms with Crippen molar-refractivity contribution < 1.29 is 9.05 Å². The first-order chi connectivity index (χ1) is 4.97. The van der Waals surface area contributed by atoms with Gasteiger partial charge in [-0.25, -0.2) is 5.09 Å². The second-order valence-corrected chi connectivity index (χ2v) is 6.83. The highest BCUT2D eigenvalue weighted by Crippen LogP contribution is 2.49. The lowest BCUT2D eigenvalue weighted by atomic mass is 9.97. The summed E-state index contributed by atoms with van der Waals surface area (Å²) in [6.45, 7) is 3.48. The van der Waals surface area contributed by atoms with Crippen LogP contribution >= 0.6 is 6.64 Å². The fourth-order valence-electron chi connectivity index (χ4n) is 0.727. The van der Waals surface area contributed by atoms with Gasteiger partial charge in [-0.15, -0.1) is 0 Å². The molecule has 0 aromatic rings. The van der Waals surface area contributed by atoms with Crippen LogP contribution in [0.3, 0.4) is 0 Å². The van der Waals surface area contributed by atoms with Gasteiger partial charge in [0, 0.05) is 5.41 Å². The van der Waals surface area contributed by atoms with Crippen LogP contribution in [0.1, 0.15) is 13.8 Å². The summed E-state index contributed by atoms with van der Waals surface area (Å²) in [5.41, 5.74) is 0.110. The monoisotopic (exact) mass is 195 g/mol. The molecule has 1 aliphatic heterocycles. The lowest BCUT2D eigenvalue weighted by molar-refractivity contribution is 0.0574. The Kier molecular flexibility index (Phi) is 2.72. The van der Waals surface area contributed by atoms with E-state index in [9.17, 15) is 0 Å². The summed E-state index contributed by atoms with van der Waals surface area (Å²) in [5.74, 6) is 0. The predicted molar refractivity (Wildman–Crippen MR) is 49.0 cm³/mol. The molecule has 1 saturated heterocycles. The molecule has 1 rings (SSSR count). The molecule has 66 valence electrons. The molecule has 0 saturated carbocycles. The average Bonchev–Trinajstić information content (AvgIpc) is 1.97. The Morgan fingerprint density at radius 2 is 1.82 bits per heavy atom. The first kappa shape index (κ1) is 9.62. The molecule has 0 aliphatic carbocycles. The maximum Gasteiger partial charge on any atom is 0.260 e. The first-order valence-corrected chi connectivity index (χ1v) is 6.19. The van der Waals surface area contributed by atoms with E-state index in [0.29, 0.717) is 13.2 Å². The van der Waals surface area contributed by atoms with Gasteiger partial charge in [0.25, 0.3) is 6.64 Å². The van der Waals surface area contributed by atoms with Crippen molar-refractivity contribution in [3.05, 3.63) is 0 Å². The van der Waals surface area contributed by atoms with Gasteiger partial charge in [-0.3, -0.25) is 0 Å². The van der Waals surface area contributed by atoms with Crippen molar-refractivity contribution in [2.45, 2.75) is 13.8 Å². The molecule has 0 unspecified atom stereocenters. The summed E-state index contributed by atoms with van der Waals surface area (Å²) in [5, 5.41) is 2.90. The zero-order chi connectivity index (χ0) is 8.54. The van der Waals surface area contributed by atoms with Crippen molar-refractivity contribution >= 4 is 18.4 Å². The molecule has 5 heteroatoms.